The summed E-state index contributed by atoms with van der Waals surface area (Å²) in [5.74, 6) is -1.05. The van der Waals surface area contributed by atoms with Gasteiger partial charge in [0.15, 0.2) is 5.83 Å². The standard InChI is InChI=1S/C22H14F2N2O/c23-18-13-11-16(12-14-18)19(15-7-3-1-4-8-15)20(24)22-26-25-21(27-22)17-9-5-2-6-10-17/h1-14H/b20-19-. The Hall–Kier alpha value is -3.60. The fourth-order valence-corrected chi connectivity index (χ4v) is 2.76. The number of halogens is 2. The lowest BCUT2D eigenvalue weighted by atomic mass is 9.97. The molecule has 0 aliphatic carbocycles. The van der Waals surface area contributed by atoms with Gasteiger partial charge in [0.05, 0.1) is 0 Å². The second kappa shape index (κ2) is 7.33. The van der Waals surface area contributed by atoms with Crippen molar-refractivity contribution in [1.82, 2.24) is 10.2 Å². The largest absolute Gasteiger partial charge is 0.414 e. The van der Waals surface area contributed by atoms with Crippen molar-refractivity contribution in [2.75, 3.05) is 0 Å². The summed E-state index contributed by atoms with van der Waals surface area (Å²) in [6.45, 7) is 0. The first-order chi connectivity index (χ1) is 13.2. The van der Waals surface area contributed by atoms with Crippen molar-refractivity contribution in [1.29, 1.82) is 0 Å². The van der Waals surface area contributed by atoms with Gasteiger partial charge in [0.2, 0.25) is 5.89 Å². The molecule has 3 nitrogen and oxygen atoms in total. The van der Waals surface area contributed by atoms with E-state index in [1.54, 1.807) is 36.4 Å². The van der Waals surface area contributed by atoms with E-state index in [-0.39, 0.29) is 17.4 Å². The van der Waals surface area contributed by atoms with Gasteiger partial charge in [-0.25, -0.2) is 8.78 Å². The summed E-state index contributed by atoms with van der Waals surface area (Å²) in [5, 5.41) is 7.80. The number of benzene rings is 3. The van der Waals surface area contributed by atoms with E-state index < -0.39 is 11.6 Å². The number of rotatable bonds is 4. The van der Waals surface area contributed by atoms with E-state index in [2.05, 4.69) is 10.2 Å². The molecule has 0 saturated heterocycles. The Morgan fingerprint density at radius 2 is 1.30 bits per heavy atom. The van der Waals surface area contributed by atoms with Gasteiger partial charge < -0.3 is 4.42 Å². The Morgan fingerprint density at radius 1 is 0.704 bits per heavy atom. The minimum absolute atomic E-state index is 0.225. The monoisotopic (exact) mass is 360 g/mol. The highest BCUT2D eigenvalue weighted by Gasteiger charge is 2.19. The van der Waals surface area contributed by atoms with Crippen LogP contribution in [0.15, 0.2) is 89.3 Å². The van der Waals surface area contributed by atoms with Gasteiger partial charge >= 0.3 is 0 Å². The van der Waals surface area contributed by atoms with Gasteiger partial charge in [-0.15, -0.1) is 10.2 Å². The molecule has 0 fully saturated rings. The second-order valence-corrected chi connectivity index (χ2v) is 5.84. The first kappa shape index (κ1) is 16.8. The van der Waals surface area contributed by atoms with Crippen LogP contribution >= 0.6 is 0 Å². The predicted molar refractivity (Wildman–Crippen MR) is 99.6 cm³/mol. The summed E-state index contributed by atoms with van der Waals surface area (Å²) in [5.41, 5.74) is 2.10. The minimum Gasteiger partial charge on any atom is -0.414 e. The summed E-state index contributed by atoms with van der Waals surface area (Å²) in [6.07, 6.45) is 0. The molecule has 0 spiro atoms. The number of nitrogens with zero attached hydrogens (tertiary/aromatic N) is 2. The van der Waals surface area contributed by atoms with E-state index >= 15 is 4.39 Å². The lowest BCUT2D eigenvalue weighted by Gasteiger charge is -2.09. The zero-order valence-electron chi connectivity index (χ0n) is 14.1. The Balaban J connectivity index is 1.84. The van der Waals surface area contributed by atoms with E-state index in [1.807, 2.05) is 24.3 Å². The SMILES string of the molecule is F/C(=C(/c1ccccc1)c1ccc(F)cc1)c1nnc(-c2ccccc2)o1. The Labute approximate surface area is 154 Å². The fourth-order valence-electron chi connectivity index (χ4n) is 2.76. The normalized spacial score (nSPS) is 11.9. The van der Waals surface area contributed by atoms with Crippen LogP contribution in [0.3, 0.4) is 0 Å². The van der Waals surface area contributed by atoms with E-state index in [0.29, 0.717) is 16.7 Å². The average molecular weight is 360 g/mol. The molecule has 3 aromatic carbocycles. The van der Waals surface area contributed by atoms with Crippen LogP contribution in [0.4, 0.5) is 8.78 Å². The van der Waals surface area contributed by atoms with Crippen LogP contribution in [0.2, 0.25) is 0 Å². The highest BCUT2D eigenvalue weighted by molar-refractivity contribution is 5.94. The average Bonchev–Trinajstić information content (AvgIpc) is 3.21. The fraction of sp³-hybridized carbons (Fsp3) is 0. The summed E-state index contributed by atoms with van der Waals surface area (Å²) in [4.78, 5) is 0. The van der Waals surface area contributed by atoms with Crippen LogP contribution in [0.5, 0.6) is 0 Å². The van der Waals surface area contributed by atoms with E-state index in [0.717, 1.165) is 0 Å². The molecule has 132 valence electrons. The highest BCUT2D eigenvalue weighted by atomic mass is 19.1. The van der Waals surface area contributed by atoms with Crippen molar-refractivity contribution in [3.8, 4) is 11.5 Å². The van der Waals surface area contributed by atoms with Gasteiger partial charge in [0, 0.05) is 11.1 Å². The van der Waals surface area contributed by atoms with E-state index in [4.69, 9.17) is 4.42 Å². The quantitative estimate of drug-likeness (QED) is 0.464. The number of aromatic nitrogens is 2. The molecule has 0 atom stereocenters. The lowest BCUT2D eigenvalue weighted by molar-refractivity contribution is 0.530. The number of hydrogen-bond acceptors (Lipinski definition) is 3. The topological polar surface area (TPSA) is 38.9 Å². The van der Waals surface area contributed by atoms with Gasteiger partial charge in [-0.3, -0.25) is 0 Å². The molecule has 0 N–H and O–H groups in total. The van der Waals surface area contributed by atoms with Crippen LogP contribution < -0.4 is 0 Å². The first-order valence-corrected chi connectivity index (χ1v) is 8.33. The van der Waals surface area contributed by atoms with Gasteiger partial charge in [0.1, 0.15) is 5.82 Å². The summed E-state index contributed by atoms with van der Waals surface area (Å²) in [7, 11) is 0. The summed E-state index contributed by atoms with van der Waals surface area (Å²) in [6, 6.07) is 23.7. The molecule has 0 amide bonds. The zero-order chi connectivity index (χ0) is 18.6. The van der Waals surface area contributed by atoms with Crippen molar-refractivity contribution in [2.24, 2.45) is 0 Å². The third-order valence-electron chi connectivity index (χ3n) is 4.05. The maximum absolute atomic E-state index is 15.4. The van der Waals surface area contributed by atoms with Crippen LogP contribution in [0.25, 0.3) is 22.9 Å². The maximum Gasteiger partial charge on any atom is 0.277 e. The van der Waals surface area contributed by atoms with Gasteiger partial charge in [-0.05, 0) is 35.4 Å². The predicted octanol–water partition coefficient (Wildman–Crippen LogP) is 5.76. The van der Waals surface area contributed by atoms with Crippen LogP contribution in [-0.2, 0) is 0 Å². The van der Waals surface area contributed by atoms with Crippen molar-refractivity contribution >= 4 is 11.4 Å². The maximum atomic E-state index is 15.4. The van der Waals surface area contributed by atoms with Crippen molar-refractivity contribution in [3.05, 3.63) is 108 Å². The molecule has 0 saturated carbocycles. The van der Waals surface area contributed by atoms with Crippen LogP contribution in [-0.4, -0.2) is 10.2 Å². The summed E-state index contributed by atoms with van der Waals surface area (Å²) >= 11 is 0. The Bertz CT molecular complexity index is 1070. The lowest BCUT2D eigenvalue weighted by Crippen LogP contribution is -1.93. The van der Waals surface area contributed by atoms with Gasteiger partial charge in [-0.2, -0.15) is 0 Å². The smallest absolute Gasteiger partial charge is 0.277 e. The van der Waals surface area contributed by atoms with E-state index in [1.165, 1.54) is 24.3 Å². The molecule has 0 unspecified atom stereocenters. The molecule has 1 aromatic heterocycles. The van der Waals surface area contributed by atoms with Crippen molar-refractivity contribution in [3.63, 3.8) is 0 Å². The zero-order valence-corrected chi connectivity index (χ0v) is 14.1. The molecule has 1 heterocycles. The molecule has 0 aliphatic rings. The van der Waals surface area contributed by atoms with E-state index in [9.17, 15) is 4.39 Å². The molecule has 27 heavy (non-hydrogen) atoms. The number of hydrogen-bond donors (Lipinski definition) is 0. The molecule has 0 aliphatic heterocycles. The molecule has 0 bridgehead atoms. The third-order valence-corrected chi connectivity index (χ3v) is 4.05. The molecule has 4 aromatic rings. The van der Waals surface area contributed by atoms with Gasteiger partial charge in [-0.1, -0.05) is 60.7 Å². The van der Waals surface area contributed by atoms with Crippen LogP contribution in [0, 0.1) is 5.82 Å². The van der Waals surface area contributed by atoms with Crippen molar-refractivity contribution in [2.45, 2.75) is 0 Å². The van der Waals surface area contributed by atoms with Gasteiger partial charge in [0.25, 0.3) is 5.89 Å². The summed E-state index contributed by atoms with van der Waals surface area (Å²) < 4.78 is 34.3. The second-order valence-electron chi connectivity index (χ2n) is 5.84. The first-order valence-electron chi connectivity index (χ1n) is 8.33. The minimum atomic E-state index is -0.664. The molecule has 4 rings (SSSR count). The third kappa shape index (κ3) is 3.53. The van der Waals surface area contributed by atoms with Crippen LogP contribution in [0.1, 0.15) is 17.0 Å². The molecule has 0 radical (unpaired) electrons. The molecular formula is C22H14F2N2O. The Morgan fingerprint density at radius 3 is 1.96 bits per heavy atom. The highest BCUT2D eigenvalue weighted by Crippen LogP contribution is 2.33. The molecule has 5 heteroatoms. The van der Waals surface area contributed by atoms with Crippen molar-refractivity contribution < 1.29 is 13.2 Å². The molecular weight excluding hydrogens is 346 g/mol. The Kier molecular flexibility index (Phi) is 4.58.